The third-order valence-electron chi connectivity index (χ3n) is 2.37. The fourth-order valence-electron chi connectivity index (χ4n) is 1.47. The normalized spacial score (nSPS) is 13.3. The van der Waals surface area contributed by atoms with E-state index < -0.39 is 0 Å². The van der Waals surface area contributed by atoms with Crippen molar-refractivity contribution in [2.45, 2.75) is 26.3 Å². The van der Waals surface area contributed by atoms with Crippen LogP contribution in [-0.2, 0) is 0 Å². The van der Waals surface area contributed by atoms with Gasteiger partial charge in [0, 0.05) is 0 Å². The van der Waals surface area contributed by atoms with Gasteiger partial charge < -0.3 is 5.73 Å². The van der Waals surface area contributed by atoms with E-state index in [0.717, 1.165) is 32.2 Å². The number of rotatable bonds is 2. The molecule has 0 fully saturated rings. The van der Waals surface area contributed by atoms with E-state index in [-0.39, 0.29) is 6.04 Å². The first-order chi connectivity index (χ1) is 7.11. The Bertz CT molecular complexity index is 493. The molecule has 15 heavy (non-hydrogen) atoms. The van der Waals surface area contributed by atoms with Gasteiger partial charge >= 0.3 is 0 Å². The van der Waals surface area contributed by atoms with Crippen LogP contribution in [0, 0.1) is 6.92 Å². The average Bonchev–Trinajstić information content (AvgIpc) is 2.60. The quantitative estimate of drug-likeness (QED) is 0.870. The second kappa shape index (κ2) is 4.08. The molecule has 4 heteroatoms. The van der Waals surface area contributed by atoms with E-state index in [1.165, 1.54) is 0 Å². The number of fused-ring (bicyclic) bond motifs is 1. The minimum Gasteiger partial charge on any atom is -0.322 e. The Morgan fingerprint density at radius 3 is 2.93 bits per heavy atom. The van der Waals surface area contributed by atoms with Crippen LogP contribution in [0.4, 0.5) is 0 Å². The SMILES string of the molecule is CCC(N)c1nc2c(Cl)cc(C)cc2s1. The molecule has 1 atom stereocenters. The zero-order valence-electron chi connectivity index (χ0n) is 8.75. The number of nitrogens with zero attached hydrogens (tertiary/aromatic N) is 1. The maximum absolute atomic E-state index is 6.13. The molecular formula is C11H13ClN2S. The second-order valence-electron chi connectivity index (χ2n) is 3.66. The van der Waals surface area contributed by atoms with Crippen molar-refractivity contribution in [3.8, 4) is 0 Å². The molecule has 1 aromatic carbocycles. The fourth-order valence-corrected chi connectivity index (χ4v) is 3.02. The Kier molecular flexibility index (Phi) is 2.96. The molecule has 0 amide bonds. The van der Waals surface area contributed by atoms with Crippen LogP contribution in [0.5, 0.6) is 0 Å². The average molecular weight is 241 g/mol. The van der Waals surface area contributed by atoms with Crippen molar-refractivity contribution in [1.29, 1.82) is 0 Å². The van der Waals surface area contributed by atoms with E-state index in [4.69, 9.17) is 17.3 Å². The molecule has 0 aliphatic heterocycles. The van der Waals surface area contributed by atoms with Gasteiger partial charge in [-0.25, -0.2) is 4.98 Å². The van der Waals surface area contributed by atoms with Crippen molar-refractivity contribution in [3.63, 3.8) is 0 Å². The number of hydrogen-bond donors (Lipinski definition) is 1. The summed E-state index contributed by atoms with van der Waals surface area (Å²) in [5.74, 6) is 0. The molecule has 1 aromatic heterocycles. The number of halogens is 1. The second-order valence-corrected chi connectivity index (χ2v) is 5.13. The molecule has 0 spiro atoms. The van der Waals surface area contributed by atoms with Gasteiger partial charge in [-0.2, -0.15) is 0 Å². The molecular weight excluding hydrogens is 228 g/mol. The van der Waals surface area contributed by atoms with Crippen LogP contribution >= 0.6 is 22.9 Å². The summed E-state index contributed by atoms with van der Waals surface area (Å²) in [6, 6.07) is 4.06. The maximum atomic E-state index is 6.13. The van der Waals surface area contributed by atoms with Crippen molar-refractivity contribution in [1.82, 2.24) is 4.98 Å². The highest BCUT2D eigenvalue weighted by Gasteiger charge is 2.12. The lowest BCUT2D eigenvalue weighted by Crippen LogP contribution is -2.07. The van der Waals surface area contributed by atoms with Gasteiger partial charge in [-0.15, -0.1) is 11.3 Å². The van der Waals surface area contributed by atoms with E-state index in [0.29, 0.717) is 0 Å². The van der Waals surface area contributed by atoms with Crippen LogP contribution in [0.25, 0.3) is 10.2 Å². The van der Waals surface area contributed by atoms with E-state index in [2.05, 4.69) is 18.0 Å². The molecule has 80 valence electrons. The summed E-state index contributed by atoms with van der Waals surface area (Å²) in [6.07, 6.45) is 0.899. The number of nitrogens with two attached hydrogens (primary N) is 1. The Balaban J connectivity index is 2.60. The molecule has 2 aromatic rings. The molecule has 2 N–H and O–H groups in total. The Morgan fingerprint density at radius 1 is 1.53 bits per heavy atom. The lowest BCUT2D eigenvalue weighted by molar-refractivity contribution is 0.694. The molecule has 0 aliphatic rings. The molecule has 1 unspecified atom stereocenters. The largest absolute Gasteiger partial charge is 0.322 e. The van der Waals surface area contributed by atoms with Gasteiger partial charge in [-0.05, 0) is 31.0 Å². The summed E-state index contributed by atoms with van der Waals surface area (Å²) in [6.45, 7) is 4.09. The predicted octanol–water partition coefficient (Wildman–Crippen LogP) is 3.67. The van der Waals surface area contributed by atoms with E-state index >= 15 is 0 Å². The fraction of sp³-hybridized carbons (Fsp3) is 0.364. The third kappa shape index (κ3) is 2.00. The highest BCUT2D eigenvalue weighted by atomic mass is 35.5. The monoisotopic (exact) mass is 240 g/mol. The number of aryl methyl sites for hydroxylation is 1. The molecule has 0 aliphatic carbocycles. The summed E-state index contributed by atoms with van der Waals surface area (Å²) in [5, 5.41) is 1.69. The maximum Gasteiger partial charge on any atom is 0.111 e. The summed E-state index contributed by atoms with van der Waals surface area (Å²) < 4.78 is 1.12. The smallest absolute Gasteiger partial charge is 0.111 e. The third-order valence-corrected chi connectivity index (χ3v) is 3.79. The van der Waals surface area contributed by atoms with Crippen LogP contribution in [-0.4, -0.2) is 4.98 Å². The predicted molar refractivity (Wildman–Crippen MR) is 66.6 cm³/mol. The minimum absolute atomic E-state index is 0.0266. The summed E-state index contributed by atoms with van der Waals surface area (Å²) >= 11 is 7.76. The van der Waals surface area contributed by atoms with Crippen molar-refractivity contribution < 1.29 is 0 Å². The molecule has 2 nitrogen and oxygen atoms in total. The van der Waals surface area contributed by atoms with Crippen molar-refractivity contribution in [3.05, 3.63) is 27.7 Å². The van der Waals surface area contributed by atoms with Crippen molar-refractivity contribution in [2.24, 2.45) is 5.73 Å². The summed E-state index contributed by atoms with van der Waals surface area (Å²) in [5.41, 5.74) is 7.99. The van der Waals surface area contributed by atoms with Crippen LogP contribution < -0.4 is 5.73 Å². The lowest BCUT2D eigenvalue weighted by atomic mass is 10.2. The first-order valence-corrected chi connectivity index (χ1v) is 6.13. The Morgan fingerprint density at radius 2 is 2.27 bits per heavy atom. The molecule has 1 heterocycles. The molecule has 0 bridgehead atoms. The number of hydrogen-bond acceptors (Lipinski definition) is 3. The molecule has 0 saturated carbocycles. The highest BCUT2D eigenvalue weighted by Crippen LogP contribution is 2.32. The van der Waals surface area contributed by atoms with Gasteiger partial charge in [0.25, 0.3) is 0 Å². The van der Waals surface area contributed by atoms with E-state index in [1.54, 1.807) is 11.3 Å². The number of thiazole rings is 1. The summed E-state index contributed by atoms with van der Waals surface area (Å²) in [4.78, 5) is 4.49. The molecule has 2 rings (SSSR count). The van der Waals surface area contributed by atoms with Gasteiger partial charge in [0.2, 0.25) is 0 Å². The van der Waals surface area contributed by atoms with Crippen LogP contribution in [0.15, 0.2) is 12.1 Å². The van der Waals surface area contributed by atoms with Gasteiger partial charge in [0.05, 0.1) is 15.8 Å². The minimum atomic E-state index is 0.0266. The van der Waals surface area contributed by atoms with Crippen LogP contribution in [0.3, 0.4) is 0 Å². The number of aromatic nitrogens is 1. The van der Waals surface area contributed by atoms with E-state index in [1.807, 2.05) is 13.0 Å². The topological polar surface area (TPSA) is 38.9 Å². The van der Waals surface area contributed by atoms with Crippen molar-refractivity contribution in [2.75, 3.05) is 0 Å². The van der Waals surface area contributed by atoms with Crippen LogP contribution in [0.1, 0.15) is 30.0 Å². The molecule has 0 saturated heterocycles. The zero-order valence-corrected chi connectivity index (χ0v) is 10.3. The van der Waals surface area contributed by atoms with Gasteiger partial charge in [-0.1, -0.05) is 18.5 Å². The van der Waals surface area contributed by atoms with Gasteiger partial charge in [-0.3, -0.25) is 0 Å². The van der Waals surface area contributed by atoms with Crippen molar-refractivity contribution >= 4 is 33.2 Å². The Labute approximate surface area is 98.1 Å². The lowest BCUT2D eigenvalue weighted by Gasteiger charge is -2.01. The number of benzene rings is 1. The van der Waals surface area contributed by atoms with E-state index in [9.17, 15) is 0 Å². The highest BCUT2D eigenvalue weighted by molar-refractivity contribution is 7.18. The summed E-state index contributed by atoms with van der Waals surface area (Å²) in [7, 11) is 0. The van der Waals surface area contributed by atoms with Crippen LogP contribution in [0.2, 0.25) is 5.02 Å². The Hall–Kier alpha value is -0.640. The standard InChI is InChI=1S/C11H13ClN2S/c1-3-8(13)11-14-10-7(12)4-6(2)5-9(10)15-11/h4-5,8H,3,13H2,1-2H3. The zero-order chi connectivity index (χ0) is 11.0. The first kappa shape index (κ1) is 10.9. The van der Waals surface area contributed by atoms with Gasteiger partial charge in [0.15, 0.2) is 0 Å². The first-order valence-electron chi connectivity index (χ1n) is 4.94. The van der Waals surface area contributed by atoms with Gasteiger partial charge in [0.1, 0.15) is 10.5 Å². The molecule has 0 radical (unpaired) electrons.